The first kappa shape index (κ1) is 15.1. The Hall–Kier alpha value is -1.88. The van der Waals surface area contributed by atoms with Gasteiger partial charge in [-0.25, -0.2) is 8.42 Å². The topological polar surface area (TPSA) is 58.5 Å². The summed E-state index contributed by atoms with van der Waals surface area (Å²) in [4.78, 5) is 3.83. The van der Waals surface area contributed by atoms with E-state index in [4.69, 9.17) is 0 Å². The van der Waals surface area contributed by atoms with E-state index >= 15 is 0 Å². The Labute approximate surface area is 103 Å². The van der Waals surface area contributed by atoms with Gasteiger partial charge < -0.3 is 0 Å². The zero-order chi connectivity index (χ0) is 13.1. The van der Waals surface area contributed by atoms with Crippen LogP contribution in [0.25, 0.3) is 0 Å². The highest BCUT2D eigenvalue weighted by Gasteiger charge is 2.11. The summed E-state index contributed by atoms with van der Waals surface area (Å²) in [6.07, 6.45) is 11.4. The van der Waals surface area contributed by atoms with Gasteiger partial charge in [-0.15, -0.1) is 0 Å². The molecular weight excluding hydrogens is 236 g/mol. The Morgan fingerprint density at radius 3 is 2.53 bits per heavy atom. The zero-order valence-corrected chi connectivity index (χ0v) is 10.5. The van der Waals surface area contributed by atoms with Crippen LogP contribution in [0.4, 0.5) is 0 Å². The Bertz CT molecular complexity index is 469. The van der Waals surface area contributed by atoms with Gasteiger partial charge in [0.05, 0.1) is 4.91 Å². The van der Waals surface area contributed by atoms with Crippen molar-refractivity contribution in [2.75, 3.05) is 0 Å². The van der Waals surface area contributed by atoms with Gasteiger partial charge in [0, 0.05) is 18.6 Å². The van der Waals surface area contributed by atoms with Gasteiger partial charge >= 0.3 is 0 Å². The SMILES string of the molecule is C=C/C=C\C(=C/C=C)S(=O)(=O)N/C=C\N=CC. The molecule has 0 heterocycles. The van der Waals surface area contributed by atoms with Crippen molar-refractivity contribution in [1.29, 1.82) is 0 Å². The van der Waals surface area contributed by atoms with Gasteiger partial charge in [0.2, 0.25) is 0 Å². The van der Waals surface area contributed by atoms with Gasteiger partial charge in [0.25, 0.3) is 10.0 Å². The summed E-state index contributed by atoms with van der Waals surface area (Å²) in [7, 11) is -3.59. The van der Waals surface area contributed by atoms with Crippen LogP contribution in [0, 0.1) is 0 Å². The maximum absolute atomic E-state index is 11.8. The van der Waals surface area contributed by atoms with Crippen LogP contribution in [0.3, 0.4) is 0 Å². The van der Waals surface area contributed by atoms with Crippen molar-refractivity contribution in [2.24, 2.45) is 4.99 Å². The summed E-state index contributed by atoms with van der Waals surface area (Å²) in [5.41, 5.74) is 0. The maximum Gasteiger partial charge on any atom is 0.261 e. The van der Waals surface area contributed by atoms with E-state index < -0.39 is 10.0 Å². The first-order valence-electron chi connectivity index (χ1n) is 4.85. The highest BCUT2D eigenvalue weighted by molar-refractivity contribution is 7.93. The number of nitrogens with zero attached hydrogens (tertiary/aromatic N) is 1. The molecule has 0 atom stereocenters. The van der Waals surface area contributed by atoms with Crippen molar-refractivity contribution in [3.63, 3.8) is 0 Å². The summed E-state index contributed by atoms with van der Waals surface area (Å²) in [5, 5.41) is 0. The van der Waals surface area contributed by atoms with Crippen LogP contribution < -0.4 is 4.72 Å². The molecule has 0 fully saturated rings. The molecule has 0 bridgehead atoms. The molecule has 92 valence electrons. The molecule has 0 unspecified atom stereocenters. The third-order valence-corrected chi connectivity index (χ3v) is 2.86. The first-order chi connectivity index (χ1) is 8.08. The lowest BCUT2D eigenvalue weighted by Gasteiger charge is -2.03. The van der Waals surface area contributed by atoms with E-state index in [1.165, 1.54) is 42.8 Å². The standard InChI is InChI=1S/C12H16N2O2S/c1-4-7-9-12(8-5-2)17(15,16)14-11-10-13-6-3/h4-11,14H,1-2H2,3H3/b9-7-,11-10-,12-8+,13-6?. The van der Waals surface area contributed by atoms with Crippen molar-refractivity contribution < 1.29 is 8.42 Å². The Morgan fingerprint density at radius 2 is 2.00 bits per heavy atom. The number of sulfonamides is 1. The molecular formula is C12H16N2O2S. The molecule has 0 rings (SSSR count). The second-order valence-electron chi connectivity index (χ2n) is 2.74. The summed E-state index contributed by atoms with van der Waals surface area (Å²) < 4.78 is 25.8. The van der Waals surface area contributed by atoms with Gasteiger partial charge in [-0.05, 0) is 19.1 Å². The number of aliphatic imine (C=N–C) groups is 1. The van der Waals surface area contributed by atoms with Crippen LogP contribution in [0.15, 0.2) is 65.8 Å². The highest BCUT2D eigenvalue weighted by Crippen LogP contribution is 2.06. The van der Waals surface area contributed by atoms with Crippen LogP contribution in [0.1, 0.15) is 6.92 Å². The van der Waals surface area contributed by atoms with Crippen LogP contribution in [-0.4, -0.2) is 14.6 Å². The molecule has 1 N–H and O–H groups in total. The van der Waals surface area contributed by atoms with Crippen molar-refractivity contribution in [1.82, 2.24) is 4.72 Å². The minimum atomic E-state index is -3.59. The molecule has 5 heteroatoms. The molecule has 4 nitrogen and oxygen atoms in total. The molecule has 0 saturated heterocycles. The fourth-order valence-electron chi connectivity index (χ4n) is 0.831. The molecule has 0 amide bonds. The molecule has 0 aromatic carbocycles. The number of nitrogens with one attached hydrogen (secondary N) is 1. The molecule has 0 aliphatic carbocycles. The molecule has 0 aliphatic heterocycles. The second kappa shape index (κ2) is 8.29. The lowest BCUT2D eigenvalue weighted by atomic mass is 10.4. The third-order valence-electron chi connectivity index (χ3n) is 1.52. The number of allylic oxidation sites excluding steroid dienone is 5. The average molecular weight is 252 g/mol. The van der Waals surface area contributed by atoms with Crippen molar-refractivity contribution >= 4 is 16.2 Å². The molecule has 0 spiro atoms. The largest absolute Gasteiger partial charge is 0.285 e. The normalized spacial score (nSPS) is 13.6. The summed E-state index contributed by atoms with van der Waals surface area (Å²) in [5.74, 6) is 0. The second-order valence-corrected chi connectivity index (χ2v) is 4.46. The van der Waals surface area contributed by atoms with Crippen molar-refractivity contribution in [3.05, 3.63) is 60.8 Å². The van der Waals surface area contributed by atoms with E-state index in [0.29, 0.717) is 0 Å². The Balaban J connectivity index is 4.98. The fourth-order valence-corrected chi connectivity index (χ4v) is 1.74. The van der Waals surface area contributed by atoms with Gasteiger partial charge in [-0.3, -0.25) is 9.71 Å². The van der Waals surface area contributed by atoms with Gasteiger partial charge in [0.1, 0.15) is 0 Å². The molecule has 17 heavy (non-hydrogen) atoms. The van der Waals surface area contributed by atoms with Gasteiger partial charge in [-0.1, -0.05) is 31.4 Å². The predicted octanol–water partition coefficient (Wildman–Crippen LogP) is 2.28. The van der Waals surface area contributed by atoms with Crippen LogP contribution in [-0.2, 0) is 10.0 Å². The fraction of sp³-hybridized carbons (Fsp3) is 0.0833. The third kappa shape index (κ3) is 6.32. The Kier molecular flexibility index (Phi) is 7.38. The average Bonchev–Trinajstić information content (AvgIpc) is 2.30. The van der Waals surface area contributed by atoms with Crippen molar-refractivity contribution in [3.8, 4) is 0 Å². The van der Waals surface area contributed by atoms with E-state index in [1.807, 2.05) is 0 Å². The van der Waals surface area contributed by atoms with E-state index in [0.717, 1.165) is 0 Å². The van der Waals surface area contributed by atoms with Gasteiger partial charge in [-0.2, -0.15) is 0 Å². The Morgan fingerprint density at radius 1 is 1.29 bits per heavy atom. The van der Waals surface area contributed by atoms with Crippen molar-refractivity contribution in [2.45, 2.75) is 6.92 Å². The molecule has 0 radical (unpaired) electrons. The van der Waals surface area contributed by atoms with E-state index in [1.54, 1.807) is 13.1 Å². The van der Waals surface area contributed by atoms with E-state index in [-0.39, 0.29) is 4.91 Å². The minimum absolute atomic E-state index is 0.0949. The number of hydrogen-bond donors (Lipinski definition) is 1. The first-order valence-corrected chi connectivity index (χ1v) is 6.33. The van der Waals surface area contributed by atoms with Crippen LogP contribution in [0.2, 0.25) is 0 Å². The smallest absolute Gasteiger partial charge is 0.261 e. The zero-order valence-electron chi connectivity index (χ0n) is 9.70. The van der Waals surface area contributed by atoms with Crippen LogP contribution in [0.5, 0.6) is 0 Å². The van der Waals surface area contributed by atoms with E-state index in [9.17, 15) is 8.42 Å². The quantitative estimate of drug-likeness (QED) is 0.558. The van der Waals surface area contributed by atoms with Gasteiger partial charge in [0.15, 0.2) is 0 Å². The summed E-state index contributed by atoms with van der Waals surface area (Å²) >= 11 is 0. The maximum atomic E-state index is 11.8. The monoisotopic (exact) mass is 252 g/mol. The lowest BCUT2D eigenvalue weighted by molar-refractivity contribution is 0.597. The number of hydrogen-bond acceptors (Lipinski definition) is 3. The van der Waals surface area contributed by atoms with E-state index in [2.05, 4.69) is 22.9 Å². The minimum Gasteiger partial charge on any atom is -0.285 e. The number of rotatable bonds is 7. The summed E-state index contributed by atoms with van der Waals surface area (Å²) in [6.45, 7) is 8.67. The molecule has 0 aliphatic rings. The molecule has 0 saturated carbocycles. The highest BCUT2D eigenvalue weighted by atomic mass is 32.2. The predicted molar refractivity (Wildman–Crippen MR) is 73.0 cm³/mol. The molecule has 0 aromatic rings. The summed E-state index contributed by atoms with van der Waals surface area (Å²) in [6, 6.07) is 0. The lowest BCUT2D eigenvalue weighted by Crippen LogP contribution is -2.18. The van der Waals surface area contributed by atoms with Crippen LogP contribution >= 0.6 is 0 Å². The molecule has 0 aromatic heterocycles.